The maximum absolute atomic E-state index is 11.8. The van der Waals surface area contributed by atoms with E-state index in [4.69, 9.17) is 14.7 Å². The maximum atomic E-state index is 11.8. The number of fused-ring (bicyclic) bond motifs is 1. The molecular weight excluding hydrogens is 426 g/mol. The third-order valence-corrected chi connectivity index (χ3v) is 6.44. The van der Waals surface area contributed by atoms with E-state index in [9.17, 15) is 14.7 Å². The number of aromatic nitrogens is 4. The van der Waals surface area contributed by atoms with E-state index in [-0.39, 0.29) is 16.8 Å². The van der Waals surface area contributed by atoms with E-state index in [2.05, 4.69) is 10.1 Å². The Labute approximate surface area is 176 Å². The van der Waals surface area contributed by atoms with Crippen LogP contribution in [0, 0.1) is 0 Å². The molecule has 0 unspecified atom stereocenters. The fourth-order valence-corrected chi connectivity index (χ4v) is 4.50. The Morgan fingerprint density at radius 3 is 2.93 bits per heavy atom. The number of thiophene rings is 1. The number of ether oxygens (including phenoxy) is 1. The predicted molar refractivity (Wildman–Crippen MR) is 112 cm³/mol. The van der Waals surface area contributed by atoms with Crippen molar-refractivity contribution in [2.75, 3.05) is 7.11 Å². The highest BCUT2D eigenvalue weighted by molar-refractivity contribution is 7.17. The number of hydrogen-bond acceptors (Lipinski definition) is 9. The maximum Gasteiger partial charge on any atom is 0.348 e. The fraction of sp³-hybridized carbons (Fsp3) is 0.211. The van der Waals surface area contributed by atoms with Crippen molar-refractivity contribution in [2.24, 2.45) is 4.99 Å². The minimum absolute atomic E-state index is 0.190. The van der Waals surface area contributed by atoms with Gasteiger partial charge >= 0.3 is 10.8 Å². The predicted octanol–water partition coefficient (Wildman–Crippen LogP) is 1.31. The van der Waals surface area contributed by atoms with Crippen LogP contribution in [0.1, 0.15) is 27.4 Å². The van der Waals surface area contributed by atoms with Crippen LogP contribution >= 0.6 is 22.7 Å². The molecular formula is C19H15N5O4S2. The first-order valence-corrected chi connectivity index (χ1v) is 10.7. The summed E-state index contributed by atoms with van der Waals surface area (Å²) < 4.78 is 6.44. The highest BCUT2D eigenvalue weighted by Crippen LogP contribution is 2.27. The number of thiazole rings is 1. The average Bonchev–Trinajstić information content (AvgIpc) is 3.12. The van der Waals surface area contributed by atoms with E-state index in [1.165, 1.54) is 18.4 Å². The second-order valence-electron chi connectivity index (χ2n) is 6.72. The first kappa shape index (κ1) is 18.7. The van der Waals surface area contributed by atoms with Gasteiger partial charge in [0.15, 0.2) is 11.1 Å². The van der Waals surface area contributed by atoms with Crippen LogP contribution in [0.4, 0.5) is 0 Å². The normalized spacial score (nSPS) is 15.2. The molecule has 1 aliphatic carbocycles. The third kappa shape index (κ3) is 3.42. The van der Waals surface area contributed by atoms with Crippen molar-refractivity contribution in [2.45, 2.75) is 18.9 Å². The van der Waals surface area contributed by atoms with E-state index in [0.29, 0.717) is 31.8 Å². The Kier molecular flexibility index (Phi) is 4.48. The standard InChI is InChI=1S/C19H15N5O4S2/c1-28-18(26)13-5-4-12(29-13)11-7-15(21-10-2-3-10)24-16(22-11)9(8-20-24)6-14-17(25)23-19(27)30-14/h4-8,10,25H,2-3H2,1H3,(H,23,27)/b9-6-,21-15?. The molecule has 9 nitrogen and oxygen atoms in total. The molecule has 1 fully saturated rings. The van der Waals surface area contributed by atoms with Gasteiger partial charge in [0.25, 0.3) is 0 Å². The zero-order valence-corrected chi connectivity index (χ0v) is 17.3. The molecule has 0 aromatic carbocycles. The first-order valence-electron chi connectivity index (χ1n) is 9.07. The van der Waals surface area contributed by atoms with Crippen LogP contribution in [0.3, 0.4) is 0 Å². The van der Waals surface area contributed by atoms with Crippen molar-refractivity contribution in [1.29, 1.82) is 0 Å². The molecule has 11 heteroatoms. The van der Waals surface area contributed by atoms with Crippen LogP contribution in [0.5, 0.6) is 5.88 Å². The molecule has 0 saturated heterocycles. The lowest BCUT2D eigenvalue weighted by molar-refractivity contribution is 0.0606. The zero-order valence-electron chi connectivity index (χ0n) is 15.7. The quantitative estimate of drug-likeness (QED) is 0.461. The largest absolute Gasteiger partial charge is 0.493 e. The van der Waals surface area contributed by atoms with Gasteiger partial charge in [-0.25, -0.2) is 9.78 Å². The smallest absolute Gasteiger partial charge is 0.348 e. The lowest BCUT2D eigenvalue weighted by atomic mass is 10.3. The number of aromatic amines is 1. The van der Waals surface area contributed by atoms with E-state index in [0.717, 1.165) is 29.1 Å². The summed E-state index contributed by atoms with van der Waals surface area (Å²) in [6, 6.07) is 5.64. The Balaban J connectivity index is 1.72. The van der Waals surface area contributed by atoms with Gasteiger partial charge in [-0.2, -0.15) is 9.61 Å². The second-order valence-corrected chi connectivity index (χ2v) is 8.82. The van der Waals surface area contributed by atoms with E-state index in [1.807, 2.05) is 12.1 Å². The topological polar surface area (TPSA) is 122 Å². The zero-order chi connectivity index (χ0) is 20.8. The third-order valence-electron chi connectivity index (χ3n) is 4.53. The number of rotatable bonds is 4. The Bertz CT molecular complexity index is 1460. The molecule has 4 aromatic heterocycles. The molecule has 4 aromatic rings. The van der Waals surface area contributed by atoms with Gasteiger partial charge in [-0.1, -0.05) is 11.3 Å². The van der Waals surface area contributed by atoms with Gasteiger partial charge in [-0.3, -0.25) is 14.8 Å². The van der Waals surface area contributed by atoms with Crippen LogP contribution in [-0.2, 0) is 4.74 Å². The second kappa shape index (κ2) is 7.18. The Morgan fingerprint density at radius 2 is 2.23 bits per heavy atom. The highest BCUT2D eigenvalue weighted by Gasteiger charge is 2.21. The SMILES string of the molecule is COC(=O)c1ccc(-c2cc(=NC3CC3)n3nc/c(=C/c4sc(=O)[nH]c4O)c3n2)s1. The summed E-state index contributed by atoms with van der Waals surface area (Å²) in [5, 5.41) is 15.0. The average molecular weight is 441 g/mol. The monoisotopic (exact) mass is 441 g/mol. The highest BCUT2D eigenvalue weighted by atomic mass is 32.1. The molecule has 1 saturated carbocycles. The minimum atomic E-state index is -0.397. The molecule has 0 amide bonds. The van der Waals surface area contributed by atoms with E-state index in [1.54, 1.807) is 22.9 Å². The number of methoxy groups -OCH3 is 1. The van der Waals surface area contributed by atoms with Gasteiger partial charge < -0.3 is 9.84 Å². The number of nitrogens with zero attached hydrogens (tertiary/aromatic N) is 4. The number of H-pyrrole nitrogens is 1. The molecule has 0 bridgehead atoms. The molecule has 4 heterocycles. The molecule has 1 aliphatic rings. The summed E-state index contributed by atoms with van der Waals surface area (Å²) in [6.45, 7) is 0. The number of esters is 1. The number of aromatic hydroxyl groups is 1. The van der Waals surface area contributed by atoms with E-state index < -0.39 is 5.97 Å². The van der Waals surface area contributed by atoms with Gasteiger partial charge in [-0.05, 0) is 31.1 Å². The summed E-state index contributed by atoms with van der Waals surface area (Å²) >= 11 is 2.19. The van der Waals surface area contributed by atoms with Gasteiger partial charge in [-0.15, -0.1) is 11.3 Å². The molecule has 0 spiro atoms. The molecule has 0 radical (unpaired) electrons. The van der Waals surface area contributed by atoms with Crippen molar-refractivity contribution in [3.05, 3.63) is 54.5 Å². The Morgan fingerprint density at radius 1 is 1.40 bits per heavy atom. The fourth-order valence-electron chi connectivity index (χ4n) is 2.93. The summed E-state index contributed by atoms with van der Waals surface area (Å²) in [5.74, 6) is -0.587. The molecule has 152 valence electrons. The first-order chi connectivity index (χ1) is 14.5. The summed E-state index contributed by atoms with van der Waals surface area (Å²) in [6.07, 6.45) is 5.36. The van der Waals surface area contributed by atoms with Crippen LogP contribution in [0.15, 0.2) is 34.2 Å². The number of nitrogens with one attached hydrogen (secondary N) is 1. The van der Waals surface area contributed by atoms with Crippen LogP contribution < -0.4 is 15.6 Å². The molecule has 0 aliphatic heterocycles. The summed E-state index contributed by atoms with van der Waals surface area (Å²) in [5.41, 5.74) is 1.86. The van der Waals surface area contributed by atoms with Crippen molar-refractivity contribution < 1.29 is 14.6 Å². The summed E-state index contributed by atoms with van der Waals surface area (Å²) in [4.78, 5) is 36.5. The Hall–Kier alpha value is -3.31. The van der Waals surface area contributed by atoms with Crippen molar-refractivity contribution in [3.8, 4) is 16.5 Å². The van der Waals surface area contributed by atoms with Crippen molar-refractivity contribution >= 4 is 40.4 Å². The molecule has 0 atom stereocenters. The lowest BCUT2D eigenvalue weighted by Gasteiger charge is -2.00. The lowest BCUT2D eigenvalue weighted by Crippen LogP contribution is -2.19. The van der Waals surface area contributed by atoms with Gasteiger partial charge in [0.05, 0.1) is 34.8 Å². The van der Waals surface area contributed by atoms with Gasteiger partial charge in [0, 0.05) is 11.3 Å². The van der Waals surface area contributed by atoms with Crippen LogP contribution in [0.25, 0.3) is 22.3 Å². The van der Waals surface area contributed by atoms with Crippen LogP contribution in [-0.4, -0.2) is 43.8 Å². The van der Waals surface area contributed by atoms with Crippen molar-refractivity contribution in [1.82, 2.24) is 19.6 Å². The van der Waals surface area contributed by atoms with Crippen LogP contribution in [0.2, 0.25) is 0 Å². The van der Waals surface area contributed by atoms with Crippen molar-refractivity contribution in [3.63, 3.8) is 0 Å². The van der Waals surface area contributed by atoms with Gasteiger partial charge in [0.2, 0.25) is 5.88 Å². The van der Waals surface area contributed by atoms with Gasteiger partial charge in [0.1, 0.15) is 4.88 Å². The molecule has 5 rings (SSSR count). The minimum Gasteiger partial charge on any atom is -0.493 e. The molecule has 30 heavy (non-hydrogen) atoms. The molecule has 2 N–H and O–H groups in total. The number of carbonyl (C=O) groups is 1. The summed E-state index contributed by atoms with van der Waals surface area (Å²) in [7, 11) is 1.35. The number of hydrogen-bond donors (Lipinski definition) is 2. The van der Waals surface area contributed by atoms with E-state index >= 15 is 0 Å². The number of carbonyl (C=O) groups excluding carboxylic acids is 1.